The number of halogens is 2. The van der Waals surface area contributed by atoms with E-state index in [9.17, 15) is 9.59 Å². The highest BCUT2D eigenvalue weighted by Gasteiger charge is 2.27. The van der Waals surface area contributed by atoms with Crippen molar-refractivity contribution in [1.82, 2.24) is 0 Å². The molecule has 0 radical (unpaired) electrons. The van der Waals surface area contributed by atoms with Gasteiger partial charge in [0.2, 0.25) is 0 Å². The third kappa shape index (κ3) is 4.37. The van der Waals surface area contributed by atoms with Crippen molar-refractivity contribution in [2.24, 2.45) is 0 Å². The highest BCUT2D eigenvalue weighted by atomic mass is 127. The van der Waals surface area contributed by atoms with Crippen LogP contribution in [0.5, 0.6) is 17.2 Å². The second-order valence-corrected chi connectivity index (χ2v) is 7.28. The molecule has 1 rings (SSSR count). The van der Waals surface area contributed by atoms with Crippen LogP contribution in [0, 0.1) is 7.14 Å². The molecule has 0 aromatic heterocycles. The number of aldehydes is 1. The van der Waals surface area contributed by atoms with Gasteiger partial charge >= 0.3 is 6.16 Å². The van der Waals surface area contributed by atoms with Gasteiger partial charge in [0.05, 0.1) is 17.8 Å². The molecular weight excluding hydrogens is 518 g/mol. The summed E-state index contributed by atoms with van der Waals surface area (Å²) in [5.41, 5.74) is -0.579. The van der Waals surface area contributed by atoms with E-state index >= 15 is 0 Å². The Morgan fingerprint density at radius 3 is 1.91 bits per heavy atom. The molecule has 8 heteroatoms. The molecule has 0 heterocycles. The number of ether oxygens (including phenoxy) is 4. The average molecular weight is 534 g/mol. The minimum atomic E-state index is -0.904. The molecule has 0 atom stereocenters. The van der Waals surface area contributed by atoms with E-state index in [2.05, 4.69) is 0 Å². The zero-order valence-electron chi connectivity index (χ0n) is 12.8. The van der Waals surface area contributed by atoms with Crippen molar-refractivity contribution in [2.75, 3.05) is 14.2 Å². The largest absolute Gasteiger partial charge is 0.514 e. The van der Waals surface area contributed by atoms with Crippen LogP contribution in [-0.2, 0) is 4.74 Å². The highest BCUT2D eigenvalue weighted by molar-refractivity contribution is 14.1. The van der Waals surface area contributed by atoms with Crippen molar-refractivity contribution in [3.63, 3.8) is 0 Å². The Balaban J connectivity index is 3.40. The van der Waals surface area contributed by atoms with Crippen LogP contribution in [0.1, 0.15) is 31.1 Å². The molecule has 1 aromatic carbocycles. The lowest BCUT2D eigenvalue weighted by molar-refractivity contribution is 0.0203. The first-order valence-electron chi connectivity index (χ1n) is 6.15. The lowest BCUT2D eigenvalue weighted by Gasteiger charge is -2.21. The first-order chi connectivity index (χ1) is 10.2. The van der Waals surface area contributed by atoms with E-state index in [-0.39, 0.29) is 17.1 Å². The summed E-state index contributed by atoms with van der Waals surface area (Å²) < 4.78 is 22.0. The van der Waals surface area contributed by atoms with E-state index in [1.54, 1.807) is 20.8 Å². The third-order valence-corrected chi connectivity index (χ3v) is 4.35. The van der Waals surface area contributed by atoms with Gasteiger partial charge in [0.15, 0.2) is 17.8 Å². The average Bonchev–Trinajstić information content (AvgIpc) is 2.40. The molecule has 6 nitrogen and oxygen atoms in total. The summed E-state index contributed by atoms with van der Waals surface area (Å²) in [6.07, 6.45) is -0.332. The van der Waals surface area contributed by atoms with Crippen LogP contribution in [0.2, 0.25) is 0 Å². The van der Waals surface area contributed by atoms with Crippen LogP contribution in [0.25, 0.3) is 0 Å². The van der Waals surface area contributed by atoms with Crippen molar-refractivity contribution in [3.05, 3.63) is 12.7 Å². The van der Waals surface area contributed by atoms with Gasteiger partial charge in [-0.15, -0.1) is 0 Å². The summed E-state index contributed by atoms with van der Waals surface area (Å²) in [4.78, 5) is 23.3. The maximum absolute atomic E-state index is 11.9. The molecule has 0 bridgehead atoms. The number of rotatable bonds is 4. The maximum Gasteiger partial charge on any atom is 0.514 e. The number of hydrogen-bond acceptors (Lipinski definition) is 6. The molecule has 0 amide bonds. The zero-order chi connectivity index (χ0) is 17.1. The predicted octanol–water partition coefficient (Wildman–Crippen LogP) is 4.04. The molecule has 0 fully saturated rings. The van der Waals surface area contributed by atoms with Gasteiger partial charge in [-0.2, -0.15) is 0 Å². The summed E-state index contributed by atoms with van der Waals surface area (Å²) >= 11 is 3.94. The number of benzene rings is 1. The van der Waals surface area contributed by atoms with Gasteiger partial charge in [0, 0.05) is 0 Å². The Labute approximate surface area is 156 Å². The van der Waals surface area contributed by atoms with Crippen LogP contribution in [0.15, 0.2) is 0 Å². The van der Waals surface area contributed by atoms with E-state index in [0.717, 1.165) is 0 Å². The lowest BCUT2D eigenvalue weighted by atomic mass is 10.2. The Bertz CT molecular complexity index is 592. The molecule has 22 heavy (non-hydrogen) atoms. The molecule has 0 aliphatic carbocycles. The Kier molecular flexibility index (Phi) is 6.71. The van der Waals surface area contributed by atoms with E-state index in [1.165, 1.54) is 14.2 Å². The van der Waals surface area contributed by atoms with Crippen molar-refractivity contribution in [3.8, 4) is 17.2 Å². The van der Waals surface area contributed by atoms with Crippen molar-refractivity contribution < 1.29 is 28.5 Å². The van der Waals surface area contributed by atoms with Crippen LogP contribution in [0.4, 0.5) is 4.79 Å². The molecule has 0 spiro atoms. The normalized spacial score (nSPS) is 10.9. The monoisotopic (exact) mass is 534 g/mol. The first-order valence-corrected chi connectivity index (χ1v) is 8.31. The summed E-state index contributed by atoms with van der Waals surface area (Å²) in [6.45, 7) is 5.15. The van der Waals surface area contributed by atoms with Crippen LogP contribution in [-0.4, -0.2) is 32.3 Å². The summed E-state index contributed by atoms with van der Waals surface area (Å²) in [7, 11) is 2.91. The molecule has 0 saturated heterocycles. The number of hydrogen-bond donors (Lipinski definition) is 0. The number of methoxy groups -OCH3 is 2. The van der Waals surface area contributed by atoms with Crippen LogP contribution < -0.4 is 14.2 Å². The number of carbonyl (C=O) groups excluding carboxylic acids is 2. The summed E-state index contributed by atoms with van der Waals surface area (Å²) in [5.74, 6) is 0.799. The second kappa shape index (κ2) is 7.66. The lowest BCUT2D eigenvalue weighted by Crippen LogP contribution is -2.26. The van der Waals surface area contributed by atoms with Gasteiger partial charge < -0.3 is 18.9 Å². The molecular formula is C14H16I2O6. The Morgan fingerprint density at radius 1 is 1.00 bits per heavy atom. The van der Waals surface area contributed by atoms with Crippen molar-refractivity contribution in [2.45, 2.75) is 26.4 Å². The Morgan fingerprint density at radius 2 is 1.50 bits per heavy atom. The van der Waals surface area contributed by atoms with Gasteiger partial charge in [-0.1, -0.05) is 0 Å². The van der Waals surface area contributed by atoms with Crippen LogP contribution >= 0.6 is 45.2 Å². The molecule has 0 aliphatic heterocycles. The molecule has 0 saturated carbocycles. The fourth-order valence-electron chi connectivity index (χ4n) is 1.58. The van der Waals surface area contributed by atoms with Crippen LogP contribution in [0.3, 0.4) is 0 Å². The SMILES string of the molecule is COc1c(I)c(OC)c(C=O)c(OC(=O)OC(C)(C)C)c1I. The van der Waals surface area contributed by atoms with E-state index in [0.29, 0.717) is 19.2 Å². The predicted molar refractivity (Wildman–Crippen MR) is 97.2 cm³/mol. The van der Waals surface area contributed by atoms with E-state index in [1.807, 2.05) is 45.2 Å². The quantitative estimate of drug-likeness (QED) is 0.252. The summed E-state index contributed by atoms with van der Waals surface area (Å²) in [6, 6.07) is 0. The fraction of sp³-hybridized carbons (Fsp3) is 0.429. The second-order valence-electron chi connectivity index (χ2n) is 5.12. The van der Waals surface area contributed by atoms with Gasteiger partial charge in [-0.3, -0.25) is 4.79 Å². The minimum absolute atomic E-state index is 0.0546. The maximum atomic E-state index is 11.9. The fourth-order valence-corrected chi connectivity index (χ4v) is 3.99. The van der Waals surface area contributed by atoms with Gasteiger partial charge in [0.1, 0.15) is 20.5 Å². The molecule has 1 aromatic rings. The summed E-state index contributed by atoms with van der Waals surface area (Å²) in [5, 5.41) is 0. The third-order valence-electron chi connectivity index (χ3n) is 2.39. The minimum Gasteiger partial charge on any atom is -0.495 e. The smallest absolute Gasteiger partial charge is 0.495 e. The molecule has 0 N–H and O–H groups in total. The van der Waals surface area contributed by atoms with Crippen molar-refractivity contribution >= 4 is 57.6 Å². The molecule has 122 valence electrons. The van der Waals surface area contributed by atoms with Gasteiger partial charge in [0.25, 0.3) is 0 Å². The Hall–Kier alpha value is -0.780. The topological polar surface area (TPSA) is 71.1 Å². The van der Waals surface area contributed by atoms with E-state index < -0.39 is 11.8 Å². The number of carbonyl (C=O) groups is 2. The highest BCUT2D eigenvalue weighted by Crippen LogP contribution is 2.44. The first kappa shape index (κ1) is 19.3. The molecule has 0 unspecified atom stereocenters. The van der Waals surface area contributed by atoms with E-state index in [4.69, 9.17) is 18.9 Å². The molecule has 0 aliphatic rings. The zero-order valence-corrected chi connectivity index (χ0v) is 17.1. The van der Waals surface area contributed by atoms with Crippen molar-refractivity contribution in [1.29, 1.82) is 0 Å². The van der Waals surface area contributed by atoms with Gasteiger partial charge in [-0.25, -0.2) is 4.79 Å². The standard InChI is InChI=1S/C14H16I2O6/c1-14(2,3)22-13(18)21-11-7(6-17)10(19-4)8(15)12(20-5)9(11)16/h6H,1-5H3. The van der Waals surface area contributed by atoms with Gasteiger partial charge in [-0.05, 0) is 66.0 Å².